The Hall–Kier alpha value is -2.54. The predicted molar refractivity (Wildman–Crippen MR) is 96.3 cm³/mol. The molecule has 1 saturated heterocycles. The van der Waals surface area contributed by atoms with Crippen molar-refractivity contribution >= 4 is 17.2 Å². The zero-order valence-electron chi connectivity index (χ0n) is 14.0. The summed E-state index contributed by atoms with van der Waals surface area (Å²) in [6.07, 6.45) is 6.46. The fourth-order valence-corrected chi connectivity index (χ4v) is 4.11. The Morgan fingerprint density at radius 1 is 1.28 bits per heavy atom. The lowest BCUT2D eigenvalue weighted by Gasteiger charge is -2.34. The van der Waals surface area contributed by atoms with Crippen molar-refractivity contribution < 1.29 is 4.79 Å². The van der Waals surface area contributed by atoms with Crippen LogP contribution in [0.25, 0.3) is 11.4 Å². The average molecular weight is 353 g/mol. The van der Waals surface area contributed by atoms with Crippen LogP contribution in [0.15, 0.2) is 36.0 Å². The number of nitrogens with zero attached hydrogens (tertiary/aromatic N) is 4. The first-order valence-electron chi connectivity index (χ1n) is 8.42. The van der Waals surface area contributed by atoms with Gasteiger partial charge in [0.15, 0.2) is 5.82 Å². The summed E-state index contributed by atoms with van der Waals surface area (Å²) in [6, 6.07) is 5.70. The van der Waals surface area contributed by atoms with E-state index in [2.05, 4.69) is 20.2 Å². The van der Waals surface area contributed by atoms with Crippen LogP contribution in [0.3, 0.4) is 0 Å². The van der Waals surface area contributed by atoms with Crippen LogP contribution in [0.1, 0.15) is 46.4 Å². The number of aromatic amines is 1. The number of H-pyrrole nitrogens is 1. The maximum atomic E-state index is 13.0. The van der Waals surface area contributed by atoms with E-state index >= 15 is 0 Å². The number of thiophene rings is 1. The number of carbonyl (C=O) groups excluding carboxylic acids is 1. The molecule has 1 atom stereocenters. The van der Waals surface area contributed by atoms with Gasteiger partial charge in [-0.1, -0.05) is 0 Å². The smallest absolute Gasteiger partial charge is 0.264 e. The number of aryl methyl sites for hydroxylation is 1. The van der Waals surface area contributed by atoms with Crippen LogP contribution >= 0.6 is 11.3 Å². The van der Waals surface area contributed by atoms with Gasteiger partial charge in [-0.2, -0.15) is 5.10 Å². The second-order valence-corrected chi connectivity index (χ2v) is 7.14. The summed E-state index contributed by atoms with van der Waals surface area (Å²) in [7, 11) is 0. The molecule has 128 valence electrons. The van der Waals surface area contributed by atoms with Crippen LogP contribution in [0.2, 0.25) is 0 Å². The molecule has 4 heterocycles. The van der Waals surface area contributed by atoms with Crippen LogP contribution in [0, 0.1) is 6.92 Å². The number of amides is 1. The van der Waals surface area contributed by atoms with E-state index in [0.717, 1.165) is 47.6 Å². The Labute approximate surface area is 149 Å². The zero-order valence-corrected chi connectivity index (χ0v) is 14.8. The number of nitrogens with one attached hydrogen (secondary N) is 1. The second kappa shape index (κ2) is 6.76. The van der Waals surface area contributed by atoms with Gasteiger partial charge >= 0.3 is 0 Å². The number of pyridine rings is 1. The SMILES string of the molecule is Cc1ccsc1C(=O)N1CCCCC1c1nc(-c2ccncc2)n[nH]1. The van der Waals surface area contributed by atoms with Gasteiger partial charge in [0, 0.05) is 24.5 Å². The number of piperidine rings is 1. The van der Waals surface area contributed by atoms with Crippen molar-refractivity contribution in [2.24, 2.45) is 0 Å². The van der Waals surface area contributed by atoms with Crippen molar-refractivity contribution in [3.8, 4) is 11.4 Å². The third-order valence-electron chi connectivity index (χ3n) is 4.58. The fourth-order valence-electron chi connectivity index (χ4n) is 3.23. The molecule has 0 aromatic carbocycles. The van der Waals surface area contributed by atoms with E-state index in [0.29, 0.717) is 5.82 Å². The van der Waals surface area contributed by atoms with E-state index in [1.165, 1.54) is 11.3 Å². The van der Waals surface area contributed by atoms with Gasteiger partial charge < -0.3 is 4.90 Å². The Bertz CT molecular complexity index is 872. The quantitative estimate of drug-likeness (QED) is 0.780. The lowest BCUT2D eigenvalue weighted by molar-refractivity contribution is 0.0605. The summed E-state index contributed by atoms with van der Waals surface area (Å²) in [5, 5.41) is 9.35. The molecule has 1 amide bonds. The summed E-state index contributed by atoms with van der Waals surface area (Å²) < 4.78 is 0. The van der Waals surface area contributed by atoms with Gasteiger partial charge in [0.05, 0.1) is 10.9 Å². The Morgan fingerprint density at radius 2 is 2.12 bits per heavy atom. The molecule has 25 heavy (non-hydrogen) atoms. The van der Waals surface area contributed by atoms with Crippen LogP contribution in [0.4, 0.5) is 0 Å². The molecule has 1 fully saturated rings. The highest BCUT2D eigenvalue weighted by Crippen LogP contribution is 2.32. The van der Waals surface area contributed by atoms with Crippen LogP contribution < -0.4 is 0 Å². The van der Waals surface area contributed by atoms with E-state index in [1.54, 1.807) is 12.4 Å². The predicted octanol–water partition coefficient (Wildman–Crippen LogP) is 3.60. The summed E-state index contributed by atoms with van der Waals surface area (Å²) in [4.78, 5) is 24.4. The van der Waals surface area contributed by atoms with Crippen molar-refractivity contribution in [3.63, 3.8) is 0 Å². The molecule has 6 nitrogen and oxygen atoms in total. The summed E-state index contributed by atoms with van der Waals surface area (Å²) in [6.45, 7) is 2.74. The Kier molecular flexibility index (Phi) is 4.31. The van der Waals surface area contributed by atoms with Crippen molar-refractivity contribution in [2.45, 2.75) is 32.2 Å². The highest BCUT2D eigenvalue weighted by Gasteiger charge is 2.32. The molecule has 0 aliphatic carbocycles. The second-order valence-electron chi connectivity index (χ2n) is 6.22. The summed E-state index contributed by atoms with van der Waals surface area (Å²) in [5.41, 5.74) is 1.95. The largest absolute Gasteiger partial charge is 0.328 e. The highest BCUT2D eigenvalue weighted by molar-refractivity contribution is 7.12. The molecule has 1 unspecified atom stereocenters. The number of likely N-dealkylation sites (tertiary alicyclic amines) is 1. The third-order valence-corrected chi connectivity index (χ3v) is 5.58. The molecule has 0 spiro atoms. The first-order valence-corrected chi connectivity index (χ1v) is 9.30. The van der Waals surface area contributed by atoms with Crippen LogP contribution in [0.5, 0.6) is 0 Å². The van der Waals surface area contributed by atoms with E-state index in [1.807, 2.05) is 35.4 Å². The molecule has 1 aliphatic rings. The molecular weight excluding hydrogens is 334 g/mol. The molecule has 0 radical (unpaired) electrons. The van der Waals surface area contributed by atoms with Gasteiger partial charge in [0.2, 0.25) is 0 Å². The van der Waals surface area contributed by atoms with E-state index in [-0.39, 0.29) is 11.9 Å². The molecule has 3 aromatic heterocycles. The summed E-state index contributed by atoms with van der Waals surface area (Å²) in [5.74, 6) is 1.50. The molecule has 4 rings (SSSR count). The lowest BCUT2D eigenvalue weighted by atomic mass is 10.0. The van der Waals surface area contributed by atoms with E-state index in [9.17, 15) is 4.79 Å². The van der Waals surface area contributed by atoms with Crippen LogP contribution in [-0.4, -0.2) is 37.5 Å². The van der Waals surface area contributed by atoms with Crippen molar-refractivity contribution in [1.29, 1.82) is 0 Å². The molecule has 7 heteroatoms. The number of hydrogen-bond donors (Lipinski definition) is 1. The Morgan fingerprint density at radius 3 is 2.88 bits per heavy atom. The topological polar surface area (TPSA) is 74.8 Å². The normalized spacial score (nSPS) is 17.6. The number of hydrogen-bond acceptors (Lipinski definition) is 5. The zero-order chi connectivity index (χ0) is 17.2. The molecule has 0 saturated carbocycles. The fraction of sp³-hybridized carbons (Fsp3) is 0.333. The van der Waals surface area contributed by atoms with E-state index in [4.69, 9.17) is 0 Å². The minimum atomic E-state index is -0.0502. The molecular formula is C18H19N5OS. The first kappa shape index (κ1) is 16.0. The number of aromatic nitrogens is 4. The third kappa shape index (κ3) is 3.07. The number of rotatable bonds is 3. The molecule has 0 bridgehead atoms. The monoisotopic (exact) mass is 353 g/mol. The summed E-state index contributed by atoms with van der Waals surface area (Å²) >= 11 is 1.51. The minimum absolute atomic E-state index is 0.0502. The maximum Gasteiger partial charge on any atom is 0.264 e. The lowest BCUT2D eigenvalue weighted by Crippen LogP contribution is -2.38. The van der Waals surface area contributed by atoms with Gasteiger partial charge in [0.25, 0.3) is 5.91 Å². The van der Waals surface area contributed by atoms with Gasteiger partial charge in [-0.15, -0.1) is 11.3 Å². The molecule has 1 N–H and O–H groups in total. The van der Waals surface area contributed by atoms with Crippen molar-refractivity contribution in [3.05, 3.63) is 52.2 Å². The number of carbonyl (C=O) groups is 1. The van der Waals surface area contributed by atoms with Crippen LogP contribution in [-0.2, 0) is 0 Å². The van der Waals surface area contributed by atoms with Gasteiger partial charge in [-0.25, -0.2) is 4.98 Å². The standard InChI is InChI=1S/C18H19N5OS/c1-12-7-11-25-15(12)18(24)23-10-3-2-4-14(23)17-20-16(21-22-17)13-5-8-19-9-6-13/h5-9,11,14H,2-4,10H2,1H3,(H,20,21,22). The maximum absolute atomic E-state index is 13.0. The van der Waals surface area contributed by atoms with Crippen molar-refractivity contribution in [2.75, 3.05) is 6.54 Å². The molecule has 1 aliphatic heterocycles. The minimum Gasteiger partial charge on any atom is -0.328 e. The van der Waals surface area contributed by atoms with Crippen molar-refractivity contribution in [1.82, 2.24) is 25.1 Å². The van der Waals surface area contributed by atoms with E-state index < -0.39 is 0 Å². The molecule has 3 aromatic rings. The average Bonchev–Trinajstić information content (AvgIpc) is 3.31. The highest BCUT2D eigenvalue weighted by atomic mass is 32.1. The Balaban J connectivity index is 1.63. The van der Waals surface area contributed by atoms with Gasteiger partial charge in [-0.3, -0.25) is 14.9 Å². The van der Waals surface area contributed by atoms with Gasteiger partial charge in [0.1, 0.15) is 5.82 Å². The first-order chi connectivity index (χ1) is 12.2. The van der Waals surface area contributed by atoms with Gasteiger partial charge in [-0.05, 0) is 55.3 Å².